The number of benzene rings is 1. The molecular weight excluding hydrogens is 320 g/mol. The van der Waals surface area contributed by atoms with Gasteiger partial charge < -0.3 is 10.8 Å². The normalized spacial score (nSPS) is 15.4. The van der Waals surface area contributed by atoms with Crippen LogP contribution in [0.15, 0.2) is 27.6 Å². The maximum absolute atomic E-state index is 12.0. The van der Waals surface area contributed by atoms with Gasteiger partial charge in [0.15, 0.2) is 0 Å². The molecule has 18 heavy (non-hydrogen) atoms. The minimum Gasteiger partial charge on any atom is -0.392 e. The van der Waals surface area contributed by atoms with Crippen LogP contribution in [0.3, 0.4) is 0 Å². The number of nitrogens with two attached hydrogens (primary N) is 1. The van der Waals surface area contributed by atoms with Crippen LogP contribution in [0.4, 0.5) is 0 Å². The molecule has 1 rings (SSSR count). The third kappa shape index (κ3) is 4.03. The second-order valence-electron chi connectivity index (χ2n) is 4.19. The van der Waals surface area contributed by atoms with Crippen LogP contribution in [0.2, 0.25) is 0 Å². The summed E-state index contributed by atoms with van der Waals surface area (Å²) in [5, 5.41) is 9.21. The number of sulfonamides is 1. The summed E-state index contributed by atoms with van der Waals surface area (Å²) in [4.78, 5) is 0.158. The molecule has 0 radical (unpaired) electrons. The van der Waals surface area contributed by atoms with Crippen LogP contribution in [0.1, 0.15) is 12.5 Å². The zero-order chi connectivity index (χ0) is 13.9. The van der Waals surface area contributed by atoms with E-state index in [1.165, 1.54) is 13.0 Å². The lowest BCUT2D eigenvalue weighted by atomic mass is 10.2. The summed E-state index contributed by atoms with van der Waals surface area (Å²) in [5.41, 5.74) is 6.53. The van der Waals surface area contributed by atoms with Crippen LogP contribution >= 0.6 is 15.9 Å². The molecule has 0 amide bonds. The Labute approximate surface area is 116 Å². The number of rotatable bonds is 5. The van der Waals surface area contributed by atoms with Crippen molar-refractivity contribution in [3.63, 3.8) is 0 Å². The molecule has 102 valence electrons. The molecule has 0 aliphatic heterocycles. The summed E-state index contributed by atoms with van der Waals surface area (Å²) >= 11 is 3.22. The van der Waals surface area contributed by atoms with E-state index in [1.807, 2.05) is 6.92 Å². The van der Waals surface area contributed by atoms with Crippen molar-refractivity contribution in [2.24, 2.45) is 5.73 Å². The van der Waals surface area contributed by atoms with Gasteiger partial charge in [0.2, 0.25) is 10.0 Å². The number of nitrogens with one attached hydrogen (secondary N) is 1. The number of halogens is 1. The number of hydrogen-bond acceptors (Lipinski definition) is 4. The second-order valence-corrected chi connectivity index (χ2v) is 6.78. The molecule has 5 nitrogen and oxygen atoms in total. The van der Waals surface area contributed by atoms with Gasteiger partial charge in [-0.1, -0.05) is 6.07 Å². The van der Waals surface area contributed by atoms with Crippen LogP contribution < -0.4 is 10.5 Å². The smallest absolute Gasteiger partial charge is 0.241 e. The quantitative estimate of drug-likeness (QED) is 0.739. The van der Waals surface area contributed by atoms with E-state index in [9.17, 15) is 13.5 Å². The highest BCUT2D eigenvalue weighted by Crippen LogP contribution is 2.22. The van der Waals surface area contributed by atoms with E-state index in [-0.39, 0.29) is 11.4 Å². The van der Waals surface area contributed by atoms with Crippen LogP contribution in [0, 0.1) is 6.92 Å². The Hall–Kier alpha value is -0.470. The van der Waals surface area contributed by atoms with Gasteiger partial charge in [0, 0.05) is 17.1 Å². The zero-order valence-corrected chi connectivity index (χ0v) is 12.6. The van der Waals surface area contributed by atoms with E-state index >= 15 is 0 Å². The summed E-state index contributed by atoms with van der Waals surface area (Å²) in [6.45, 7) is 3.37. The highest BCUT2D eigenvalue weighted by atomic mass is 79.9. The van der Waals surface area contributed by atoms with E-state index in [0.717, 1.165) is 5.56 Å². The highest BCUT2D eigenvalue weighted by Gasteiger charge is 2.19. The van der Waals surface area contributed by atoms with Gasteiger partial charge in [-0.2, -0.15) is 0 Å². The average Bonchev–Trinajstić information content (AvgIpc) is 2.25. The zero-order valence-electron chi connectivity index (χ0n) is 10.2. The molecule has 0 spiro atoms. The Morgan fingerprint density at radius 3 is 2.61 bits per heavy atom. The fraction of sp³-hybridized carbons (Fsp3) is 0.455. The lowest BCUT2D eigenvalue weighted by Gasteiger charge is -2.16. The SMILES string of the molecule is Cc1ccc(S(=O)(=O)NCC(N)C(C)O)c(Br)c1. The lowest BCUT2D eigenvalue weighted by Crippen LogP contribution is -2.43. The summed E-state index contributed by atoms with van der Waals surface area (Å²) < 4.78 is 26.9. The van der Waals surface area contributed by atoms with Crippen LogP contribution in [-0.2, 0) is 10.0 Å². The van der Waals surface area contributed by atoms with E-state index in [0.29, 0.717) is 4.47 Å². The number of aliphatic hydroxyl groups is 1. The average molecular weight is 337 g/mol. The molecule has 0 saturated carbocycles. The maximum Gasteiger partial charge on any atom is 0.241 e. The third-order valence-electron chi connectivity index (χ3n) is 2.51. The first kappa shape index (κ1) is 15.6. The fourth-order valence-corrected chi connectivity index (χ4v) is 3.54. The summed E-state index contributed by atoms with van der Waals surface area (Å²) in [5.74, 6) is 0. The molecule has 1 aromatic rings. The Bertz CT molecular complexity index is 517. The van der Waals surface area contributed by atoms with Gasteiger partial charge in [-0.3, -0.25) is 0 Å². The number of hydrogen-bond donors (Lipinski definition) is 3. The molecule has 0 fully saturated rings. The number of aliphatic hydroxyl groups excluding tert-OH is 1. The predicted molar refractivity (Wildman–Crippen MR) is 73.7 cm³/mol. The molecule has 0 aliphatic rings. The topological polar surface area (TPSA) is 92.4 Å². The van der Waals surface area contributed by atoms with Gasteiger partial charge in [-0.25, -0.2) is 13.1 Å². The minimum absolute atomic E-state index is 0.0136. The lowest BCUT2D eigenvalue weighted by molar-refractivity contribution is 0.164. The Morgan fingerprint density at radius 2 is 2.11 bits per heavy atom. The van der Waals surface area contributed by atoms with Crippen molar-refractivity contribution >= 4 is 26.0 Å². The standard InChI is InChI=1S/C11H17BrN2O3S/c1-7-3-4-11(9(12)5-7)18(16,17)14-6-10(13)8(2)15/h3-5,8,10,14-15H,6,13H2,1-2H3. The Morgan fingerprint density at radius 1 is 1.50 bits per heavy atom. The van der Waals surface area contributed by atoms with Crippen molar-refractivity contribution in [1.82, 2.24) is 4.72 Å². The first-order valence-corrected chi connectivity index (χ1v) is 7.71. The molecule has 0 aliphatic carbocycles. The molecule has 0 heterocycles. The first-order chi connectivity index (χ1) is 8.24. The third-order valence-corrected chi connectivity index (χ3v) is 4.91. The highest BCUT2D eigenvalue weighted by molar-refractivity contribution is 9.10. The summed E-state index contributed by atoms with van der Waals surface area (Å²) in [7, 11) is -3.62. The molecule has 2 atom stereocenters. The summed E-state index contributed by atoms with van der Waals surface area (Å²) in [6, 6.07) is 4.33. The monoisotopic (exact) mass is 336 g/mol. The summed E-state index contributed by atoms with van der Waals surface area (Å²) in [6.07, 6.45) is -0.769. The Balaban J connectivity index is 2.87. The fourth-order valence-electron chi connectivity index (χ4n) is 1.28. The van der Waals surface area contributed by atoms with Crippen molar-refractivity contribution in [1.29, 1.82) is 0 Å². The molecule has 2 unspecified atom stereocenters. The van der Waals surface area contributed by atoms with E-state index in [2.05, 4.69) is 20.7 Å². The van der Waals surface area contributed by atoms with Gasteiger partial charge >= 0.3 is 0 Å². The molecule has 0 aromatic heterocycles. The minimum atomic E-state index is -3.62. The van der Waals surface area contributed by atoms with Crippen molar-refractivity contribution in [2.45, 2.75) is 30.9 Å². The van der Waals surface area contributed by atoms with Crippen molar-refractivity contribution < 1.29 is 13.5 Å². The van der Waals surface area contributed by atoms with Gasteiger partial charge in [0.25, 0.3) is 0 Å². The van der Waals surface area contributed by atoms with E-state index in [4.69, 9.17) is 5.73 Å². The van der Waals surface area contributed by atoms with Crippen LogP contribution in [0.25, 0.3) is 0 Å². The van der Waals surface area contributed by atoms with Crippen LogP contribution in [-0.4, -0.2) is 32.2 Å². The van der Waals surface area contributed by atoms with Crippen LogP contribution in [0.5, 0.6) is 0 Å². The maximum atomic E-state index is 12.0. The van der Waals surface area contributed by atoms with Gasteiger partial charge in [0.1, 0.15) is 0 Å². The van der Waals surface area contributed by atoms with Crippen molar-refractivity contribution in [3.05, 3.63) is 28.2 Å². The van der Waals surface area contributed by atoms with E-state index < -0.39 is 22.2 Å². The number of aryl methyl sites for hydroxylation is 1. The second kappa shape index (κ2) is 6.12. The molecule has 0 saturated heterocycles. The van der Waals surface area contributed by atoms with Crippen molar-refractivity contribution in [2.75, 3.05) is 6.54 Å². The molecule has 0 bridgehead atoms. The van der Waals surface area contributed by atoms with E-state index in [1.54, 1.807) is 12.1 Å². The van der Waals surface area contributed by atoms with Crippen molar-refractivity contribution in [3.8, 4) is 0 Å². The molecule has 4 N–H and O–H groups in total. The van der Waals surface area contributed by atoms with Gasteiger partial charge in [-0.15, -0.1) is 0 Å². The predicted octanol–water partition coefficient (Wildman–Crippen LogP) is 0.744. The molecule has 7 heteroatoms. The Kier molecular flexibility index (Phi) is 5.30. The van der Waals surface area contributed by atoms with Gasteiger partial charge in [-0.05, 0) is 47.5 Å². The van der Waals surface area contributed by atoms with Gasteiger partial charge in [0.05, 0.1) is 11.0 Å². The molecule has 1 aromatic carbocycles. The molecular formula is C11H17BrN2O3S. The first-order valence-electron chi connectivity index (χ1n) is 5.43. The largest absolute Gasteiger partial charge is 0.392 e.